The summed E-state index contributed by atoms with van der Waals surface area (Å²) in [5.74, 6) is 0.944. The van der Waals surface area contributed by atoms with Gasteiger partial charge in [-0.1, -0.05) is 12.1 Å². The van der Waals surface area contributed by atoms with Crippen LogP contribution in [0.15, 0.2) is 58.4 Å². The van der Waals surface area contributed by atoms with Crippen molar-refractivity contribution in [1.82, 2.24) is 10.6 Å². The second-order valence-corrected chi connectivity index (χ2v) is 8.03. The Kier molecular flexibility index (Phi) is 8.41. The minimum atomic E-state index is -3.68. The molecule has 4 N–H and O–H groups in total. The summed E-state index contributed by atoms with van der Waals surface area (Å²) in [6, 6.07) is 12.4. The molecule has 0 aliphatic carbocycles. The number of rotatable bonds is 9. The molecule has 0 bridgehead atoms. The van der Waals surface area contributed by atoms with E-state index in [1.807, 2.05) is 13.8 Å². The first kappa shape index (κ1) is 22.6. The highest BCUT2D eigenvalue weighted by Crippen LogP contribution is 2.13. The number of nitrogens with one attached hydrogen (secondary N) is 2. The highest BCUT2D eigenvalue weighted by Gasteiger charge is 2.07. The van der Waals surface area contributed by atoms with Crippen molar-refractivity contribution in [3.05, 3.63) is 59.9 Å². The fourth-order valence-electron chi connectivity index (χ4n) is 2.52. The van der Waals surface area contributed by atoms with Gasteiger partial charge in [0.1, 0.15) is 17.7 Å². The second-order valence-electron chi connectivity index (χ2n) is 6.47. The van der Waals surface area contributed by atoms with Crippen LogP contribution in [0.4, 0.5) is 4.39 Å². The Morgan fingerprint density at radius 1 is 1.14 bits per heavy atom. The Morgan fingerprint density at radius 2 is 1.79 bits per heavy atom. The van der Waals surface area contributed by atoms with Gasteiger partial charge in [0.15, 0.2) is 5.96 Å². The van der Waals surface area contributed by atoms with E-state index in [0.717, 1.165) is 5.56 Å². The van der Waals surface area contributed by atoms with Crippen molar-refractivity contribution in [2.75, 3.05) is 19.6 Å². The third kappa shape index (κ3) is 8.08. The van der Waals surface area contributed by atoms with E-state index in [2.05, 4.69) is 15.6 Å². The van der Waals surface area contributed by atoms with Gasteiger partial charge in [-0.3, -0.25) is 0 Å². The molecule has 2 rings (SSSR count). The Hall–Kier alpha value is -2.65. The lowest BCUT2D eigenvalue weighted by Crippen LogP contribution is -2.39. The van der Waals surface area contributed by atoms with Gasteiger partial charge in [0, 0.05) is 13.1 Å². The number of nitrogens with zero attached hydrogens (tertiary/aromatic N) is 1. The number of ether oxygens (including phenoxy) is 1. The minimum Gasteiger partial charge on any atom is -0.489 e. The van der Waals surface area contributed by atoms with Gasteiger partial charge in [-0.05, 0) is 62.2 Å². The topological polar surface area (TPSA) is 106 Å². The Morgan fingerprint density at radius 3 is 2.38 bits per heavy atom. The monoisotopic (exact) mass is 422 g/mol. The molecule has 0 saturated carbocycles. The average Bonchev–Trinajstić information content (AvgIpc) is 2.67. The summed E-state index contributed by atoms with van der Waals surface area (Å²) in [5, 5.41) is 11.5. The summed E-state index contributed by atoms with van der Waals surface area (Å²) in [6.45, 7) is 5.62. The first-order chi connectivity index (χ1) is 13.8. The zero-order valence-electron chi connectivity index (χ0n) is 16.6. The lowest BCUT2D eigenvalue weighted by molar-refractivity contribution is 0.230. The van der Waals surface area contributed by atoms with Crippen molar-refractivity contribution >= 4 is 16.0 Å². The predicted molar refractivity (Wildman–Crippen MR) is 112 cm³/mol. The first-order valence-electron chi connectivity index (χ1n) is 9.34. The molecule has 0 heterocycles. The van der Waals surface area contributed by atoms with Gasteiger partial charge in [-0.2, -0.15) is 0 Å². The summed E-state index contributed by atoms with van der Waals surface area (Å²) in [6.07, 6.45) is 0.512. The average molecular weight is 423 g/mol. The lowest BCUT2D eigenvalue weighted by Gasteiger charge is -2.15. The van der Waals surface area contributed by atoms with Gasteiger partial charge >= 0.3 is 0 Å². The maximum absolute atomic E-state index is 12.9. The number of guanidine groups is 1. The van der Waals surface area contributed by atoms with E-state index in [0.29, 0.717) is 37.8 Å². The summed E-state index contributed by atoms with van der Waals surface area (Å²) in [5.41, 5.74) is 0.980. The molecule has 9 heteroatoms. The third-order valence-corrected chi connectivity index (χ3v) is 4.89. The standard InChI is InChI=1S/C20H27FN4O3S/c1-3-23-20(25-14-15(2)28-18-8-6-17(21)7-9-18)24-13-12-16-4-10-19(11-5-16)29(22,26)27/h4-11,15H,3,12-14H2,1-2H3,(H2,22,26,27)(H2,23,24,25). The molecule has 0 amide bonds. The molecular formula is C20H27FN4O3S. The predicted octanol–water partition coefficient (Wildman–Crippen LogP) is 2.04. The molecule has 158 valence electrons. The Bertz CT molecular complexity index is 900. The molecule has 29 heavy (non-hydrogen) atoms. The SMILES string of the molecule is CCNC(=NCC(C)Oc1ccc(F)cc1)NCCc1ccc(S(N)(=O)=O)cc1. The smallest absolute Gasteiger partial charge is 0.238 e. The van der Waals surface area contributed by atoms with Crippen molar-refractivity contribution < 1.29 is 17.5 Å². The van der Waals surface area contributed by atoms with Crippen LogP contribution in [0.2, 0.25) is 0 Å². The van der Waals surface area contributed by atoms with E-state index >= 15 is 0 Å². The molecule has 0 fully saturated rings. The third-order valence-electron chi connectivity index (χ3n) is 3.96. The van der Waals surface area contributed by atoms with Crippen LogP contribution in [0.25, 0.3) is 0 Å². The first-order valence-corrected chi connectivity index (χ1v) is 10.9. The van der Waals surface area contributed by atoms with Crippen LogP contribution in [0, 0.1) is 5.82 Å². The van der Waals surface area contributed by atoms with Crippen LogP contribution in [-0.4, -0.2) is 40.1 Å². The molecular weight excluding hydrogens is 395 g/mol. The van der Waals surface area contributed by atoms with E-state index < -0.39 is 10.0 Å². The van der Waals surface area contributed by atoms with E-state index in [4.69, 9.17) is 9.88 Å². The van der Waals surface area contributed by atoms with E-state index in [1.165, 1.54) is 24.3 Å². The zero-order valence-corrected chi connectivity index (χ0v) is 17.4. The number of aliphatic imine (C=N–C) groups is 1. The van der Waals surface area contributed by atoms with Crippen molar-refractivity contribution in [1.29, 1.82) is 0 Å². The van der Waals surface area contributed by atoms with Gasteiger partial charge in [-0.25, -0.2) is 22.9 Å². The maximum Gasteiger partial charge on any atom is 0.238 e. The maximum atomic E-state index is 12.9. The number of benzene rings is 2. The molecule has 2 aromatic rings. The Balaban J connectivity index is 1.84. The van der Waals surface area contributed by atoms with Crippen molar-refractivity contribution in [2.45, 2.75) is 31.3 Å². The van der Waals surface area contributed by atoms with E-state index in [-0.39, 0.29) is 16.8 Å². The number of sulfonamides is 1. The molecule has 1 atom stereocenters. The summed E-state index contributed by atoms with van der Waals surface area (Å²) in [7, 11) is -3.68. The molecule has 2 aromatic carbocycles. The van der Waals surface area contributed by atoms with Crippen LogP contribution in [0.1, 0.15) is 19.4 Å². The van der Waals surface area contributed by atoms with Crippen molar-refractivity contribution in [3.63, 3.8) is 0 Å². The quantitative estimate of drug-likeness (QED) is 0.424. The molecule has 7 nitrogen and oxygen atoms in total. The molecule has 0 radical (unpaired) electrons. The molecule has 0 aliphatic heterocycles. The van der Waals surface area contributed by atoms with Crippen LogP contribution in [0.5, 0.6) is 5.75 Å². The highest BCUT2D eigenvalue weighted by molar-refractivity contribution is 7.89. The van der Waals surface area contributed by atoms with Crippen molar-refractivity contribution in [3.8, 4) is 5.75 Å². The number of halogens is 1. The van der Waals surface area contributed by atoms with Crippen LogP contribution in [0.3, 0.4) is 0 Å². The summed E-state index contributed by atoms with van der Waals surface area (Å²) >= 11 is 0. The normalized spacial score (nSPS) is 13.0. The van der Waals surface area contributed by atoms with E-state index in [1.54, 1.807) is 24.3 Å². The lowest BCUT2D eigenvalue weighted by atomic mass is 10.1. The molecule has 0 aliphatic rings. The molecule has 0 aromatic heterocycles. The van der Waals surface area contributed by atoms with Gasteiger partial charge in [0.05, 0.1) is 11.4 Å². The highest BCUT2D eigenvalue weighted by atomic mass is 32.2. The van der Waals surface area contributed by atoms with E-state index in [9.17, 15) is 12.8 Å². The number of hydrogen-bond donors (Lipinski definition) is 3. The zero-order chi connectivity index (χ0) is 21.3. The van der Waals surface area contributed by atoms with Gasteiger partial charge in [0.2, 0.25) is 10.0 Å². The summed E-state index contributed by atoms with van der Waals surface area (Å²) < 4.78 is 41.3. The van der Waals surface area contributed by atoms with Crippen molar-refractivity contribution in [2.24, 2.45) is 10.1 Å². The number of primary sulfonamides is 1. The fourth-order valence-corrected chi connectivity index (χ4v) is 3.03. The van der Waals surface area contributed by atoms with Crippen LogP contribution >= 0.6 is 0 Å². The fraction of sp³-hybridized carbons (Fsp3) is 0.350. The minimum absolute atomic E-state index is 0.0965. The van der Waals surface area contributed by atoms with Crippen LogP contribution in [-0.2, 0) is 16.4 Å². The number of nitrogens with two attached hydrogens (primary N) is 1. The Labute approximate surface area is 171 Å². The molecule has 1 unspecified atom stereocenters. The second kappa shape index (κ2) is 10.8. The van der Waals surface area contributed by atoms with Gasteiger partial charge < -0.3 is 15.4 Å². The largest absolute Gasteiger partial charge is 0.489 e. The number of hydrogen-bond acceptors (Lipinski definition) is 4. The summed E-state index contributed by atoms with van der Waals surface area (Å²) in [4.78, 5) is 4.60. The molecule has 0 spiro atoms. The van der Waals surface area contributed by atoms with Crippen LogP contribution < -0.4 is 20.5 Å². The molecule has 0 saturated heterocycles. The van der Waals surface area contributed by atoms with Gasteiger partial charge in [0.25, 0.3) is 0 Å². The van der Waals surface area contributed by atoms with Gasteiger partial charge in [-0.15, -0.1) is 0 Å².